The lowest BCUT2D eigenvalue weighted by molar-refractivity contribution is -0.117. The number of hydrogen-bond acceptors (Lipinski definition) is 6. The summed E-state index contributed by atoms with van der Waals surface area (Å²) in [4.78, 5) is 42.0. The van der Waals surface area contributed by atoms with Crippen molar-refractivity contribution in [2.24, 2.45) is 12.8 Å². The molecule has 198 valence electrons. The van der Waals surface area contributed by atoms with Crippen LogP contribution in [0.4, 0.5) is 5.82 Å². The highest BCUT2D eigenvalue weighted by molar-refractivity contribution is 5.95. The van der Waals surface area contributed by atoms with Crippen LogP contribution >= 0.6 is 0 Å². The maximum atomic E-state index is 13.1. The number of nitrogens with zero attached hydrogens (tertiary/aromatic N) is 6. The molecule has 0 unspecified atom stereocenters. The van der Waals surface area contributed by atoms with E-state index in [-0.39, 0.29) is 29.0 Å². The van der Waals surface area contributed by atoms with E-state index in [2.05, 4.69) is 38.9 Å². The molecule has 0 spiro atoms. The predicted octanol–water partition coefficient (Wildman–Crippen LogP) is 1.67. The molecule has 0 bridgehead atoms. The van der Waals surface area contributed by atoms with Gasteiger partial charge in [-0.3, -0.25) is 19.1 Å². The number of hydrogen-bond donors (Lipinski definition) is 2. The minimum Gasteiger partial charge on any atom is -0.370 e. The fraction of sp³-hybridized carbons (Fsp3) is 0.296. The highest BCUT2D eigenvalue weighted by Crippen LogP contribution is 2.19. The average molecular weight is 517 g/mol. The standard InChI is InChI=1S/C22H23N7O2.C3H7NO.C2H2/c1-15-20(22(31)29(26(15)2)17-6-4-3-5-7-17)21(30)24-16-10-12-27(14-16)19-9-8-18-23-11-13-28(18)25-19;1-2-3(4)5;1-2/h3-9,11,13,16H,10,12,14H2,1-2H3,(H,24,30);2H2,1H3,(H2,4,5);1-2H/t16-;;/m0../s1. The van der Waals surface area contributed by atoms with Crippen LogP contribution < -0.4 is 21.5 Å². The van der Waals surface area contributed by atoms with Crippen LogP contribution in [0.15, 0.2) is 59.7 Å². The maximum absolute atomic E-state index is 13.1. The number of amides is 2. The molecule has 3 aromatic heterocycles. The summed E-state index contributed by atoms with van der Waals surface area (Å²) < 4.78 is 4.98. The Bertz CT molecular complexity index is 1480. The molecule has 5 rings (SSSR count). The minimum absolute atomic E-state index is 0.0584. The Labute approximate surface area is 220 Å². The molecule has 11 nitrogen and oxygen atoms in total. The summed E-state index contributed by atoms with van der Waals surface area (Å²) in [7, 11) is 1.79. The number of terminal acetylenes is 1. The fourth-order valence-corrected chi connectivity index (χ4v) is 4.15. The van der Waals surface area contributed by atoms with Gasteiger partial charge < -0.3 is 16.0 Å². The molecule has 1 atom stereocenters. The Kier molecular flexibility index (Phi) is 9.05. The van der Waals surface area contributed by atoms with Crippen LogP contribution in [0.5, 0.6) is 0 Å². The molecule has 1 aliphatic heterocycles. The van der Waals surface area contributed by atoms with Crippen molar-refractivity contribution in [2.45, 2.75) is 32.7 Å². The van der Waals surface area contributed by atoms with Gasteiger partial charge in [-0.2, -0.15) is 0 Å². The largest absolute Gasteiger partial charge is 0.370 e. The normalized spacial score (nSPS) is 14.2. The number of para-hydroxylation sites is 1. The van der Waals surface area contributed by atoms with Gasteiger partial charge in [0.25, 0.3) is 11.5 Å². The van der Waals surface area contributed by atoms with Gasteiger partial charge in [0, 0.05) is 45.0 Å². The number of aromatic nitrogens is 5. The Morgan fingerprint density at radius 1 is 1.16 bits per heavy atom. The number of fused-ring (bicyclic) bond motifs is 1. The third-order valence-electron chi connectivity index (χ3n) is 6.22. The van der Waals surface area contributed by atoms with Crippen molar-refractivity contribution >= 4 is 23.3 Å². The van der Waals surface area contributed by atoms with Crippen molar-refractivity contribution in [3.05, 3.63) is 76.5 Å². The maximum Gasteiger partial charge on any atom is 0.284 e. The van der Waals surface area contributed by atoms with Gasteiger partial charge in [0.05, 0.1) is 11.4 Å². The molecule has 38 heavy (non-hydrogen) atoms. The lowest BCUT2D eigenvalue weighted by atomic mass is 10.2. The molecule has 0 saturated carbocycles. The van der Waals surface area contributed by atoms with Crippen LogP contribution in [-0.4, -0.2) is 54.9 Å². The molecule has 4 heterocycles. The van der Waals surface area contributed by atoms with E-state index in [1.807, 2.05) is 48.7 Å². The number of primary amides is 1. The fourth-order valence-electron chi connectivity index (χ4n) is 4.15. The number of anilines is 1. The van der Waals surface area contributed by atoms with Gasteiger partial charge in [-0.25, -0.2) is 14.2 Å². The highest BCUT2D eigenvalue weighted by atomic mass is 16.2. The van der Waals surface area contributed by atoms with Crippen LogP contribution in [-0.2, 0) is 11.8 Å². The average Bonchev–Trinajstić information content (AvgIpc) is 3.64. The van der Waals surface area contributed by atoms with Crippen LogP contribution in [0, 0.1) is 19.8 Å². The minimum atomic E-state index is -0.336. The van der Waals surface area contributed by atoms with E-state index in [1.165, 1.54) is 4.68 Å². The second-order valence-corrected chi connectivity index (χ2v) is 8.58. The predicted molar refractivity (Wildman–Crippen MR) is 146 cm³/mol. The number of rotatable bonds is 5. The summed E-state index contributed by atoms with van der Waals surface area (Å²) in [6, 6.07) is 13.1. The SMILES string of the molecule is C#C.CCC(N)=O.Cc1c(C(=O)N[C@H]2CCN(c3ccc4nccn4n3)C2)c(=O)n(-c2ccccc2)n1C. The monoisotopic (exact) mass is 516 g/mol. The molecule has 2 amide bonds. The number of imidazole rings is 1. The topological polar surface area (TPSA) is 133 Å². The summed E-state index contributed by atoms with van der Waals surface area (Å²) in [6.07, 6.45) is 12.8. The van der Waals surface area contributed by atoms with Crippen molar-refractivity contribution in [2.75, 3.05) is 18.0 Å². The molecule has 1 saturated heterocycles. The summed E-state index contributed by atoms with van der Waals surface area (Å²) in [5.74, 6) is 0.257. The van der Waals surface area contributed by atoms with E-state index in [4.69, 9.17) is 0 Å². The van der Waals surface area contributed by atoms with Gasteiger partial charge in [0.2, 0.25) is 5.91 Å². The molecular weight excluding hydrogens is 484 g/mol. The summed E-state index contributed by atoms with van der Waals surface area (Å²) in [5, 5.41) is 7.62. The number of nitrogens with one attached hydrogen (secondary N) is 1. The van der Waals surface area contributed by atoms with E-state index in [0.717, 1.165) is 30.1 Å². The second kappa shape index (κ2) is 12.4. The van der Waals surface area contributed by atoms with Crippen LogP contribution in [0.3, 0.4) is 0 Å². The van der Waals surface area contributed by atoms with Crippen LogP contribution in [0.1, 0.15) is 35.8 Å². The van der Waals surface area contributed by atoms with Crippen LogP contribution in [0.25, 0.3) is 11.3 Å². The Hall–Kier alpha value is -4.85. The molecule has 1 aromatic carbocycles. The highest BCUT2D eigenvalue weighted by Gasteiger charge is 2.28. The van der Waals surface area contributed by atoms with Gasteiger partial charge in [-0.15, -0.1) is 17.9 Å². The first-order valence-electron chi connectivity index (χ1n) is 12.1. The smallest absolute Gasteiger partial charge is 0.284 e. The zero-order valence-corrected chi connectivity index (χ0v) is 21.7. The molecule has 0 aliphatic carbocycles. The molecule has 0 radical (unpaired) electrons. The molecule has 4 aromatic rings. The Balaban J connectivity index is 0.000000515. The second-order valence-electron chi connectivity index (χ2n) is 8.58. The molecule has 1 fully saturated rings. The molecule has 11 heteroatoms. The van der Waals surface area contributed by atoms with Crippen molar-refractivity contribution < 1.29 is 9.59 Å². The van der Waals surface area contributed by atoms with E-state index < -0.39 is 0 Å². The van der Waals surface area contributed by atoms with Crippen molar-refractivity contribution in [3.8, 4) is 18.5 Å². The molecular formula is C27H32N8O3. The summed E-state index contributed by atoms with van der Waals surface area (Å²) >= 11 is 0. The molecule has 3 N–H and O–H groups in total. The Morgan fingerprint density at radius 2 is 1.84 bits per heavy atom. The first kappa shape index (κ1) is 27.7. The van der Waals surface area contributed by atoms with E-state index in [1.54, 1.807) is 36.3 Å². The van der Waals surface area contributed by atoms with E-state index in [9.17, 15) is 14.4 Å². The number of carbonyl (C=O) groups excluding carboxylic acids is 2. The van der Waals surface area contributed by atoms with Gasteiger partial charge in [0.15, 0.2) is 5.65 Å². The lowest BCUT2D eigenvalue weighted by Gasteiger charge is -2.17. The van der Waals surface area contributed by atoms with E-state index >= 15 is 0 Å². The van der Waals surface area contributed by atoms with Gasteiger partial charge in [-0.05, 0) is 37.6 Å². The third kappa shape index (κ3) is 5.92. The number of nitrogens with two attached hydrogens (primary N) is 1. The third-order valence-corrected chi connectivity index (χ3v) is 6.22. The van der Waals surface area contributed by atoms with E-state index in [0.29, 0.717) is 18.7 Å². The van der Waals surface area contributed by atoms with Gasteiger partial charge in [-0.1, -0.05) is 25.1 Å². The number of benzene rings is 1. The Morgan fingerprint density at radius 3 is 2.50 bits per heavy atom. The summed E-state index contributed by atoms with van der Waals surface area (Å²) in [6.45, 7) is 4.93. The van der Waals surface area contributed by atoms with Crippen molar-refractivity contribution in [1.29, 1.82) is 0 Å². The lowest BCUT2D eigenvalue weighted by Crippen LogP contribution is -2.39. The first-order valence-corrected chi connectivity index (χ1v) is 12.1. The van der Waals surface area contributed by atoms with Crippen molar-refractivity contribution in [3.63, 3.8) is 0 Å². The van der Waals surface area contributed by atoms with Crippen LogP contribution in [0.2, 0.25) is 0 Å². The number of carbonyl (C=O) groups is 2. The quantitative estimate of drug-likeness (QED) is 0.388. The zero-order valence-electron chi connectivity index (χ0n) is 21.7. The zero-order chi connectivity index (χ0) is 27.8. The summed E-state index contributed by atoms with van der Waals surface area (Å²) in [5.41, 5.74) is 6.68. The van der Waals surface area contributed by atoms with Gasteiger partial charge in [0.1, 0.15) is 11.4 Å². The van der Waals surface area contributed by atoms with Crippen molar-refractivity contribution in [1.82, 2.24) is 29.3 Å². The first-order chi connectivity index (χ1) is 18.3. The molecule has 1 aliphatic rings. The van der Waals surface area contributed by atoms with Gasteiger partial charge >= 0.3 is 0 Å².